The van der Waals surface area contributed by atoms with Crippen LogP contribution in [0.25, 0.3) is 0 Å². The van der Waals surface area contributed by atoms with E-state index >= 15 is 0 Å². The fraction of sp³-hybridized carbons (Fsp3) is 0.750. The molecule has 2 heterocycles. The zero-order chi connectivity index (χ0) is 21.1. The van der Waals surface area contributed by atoms with E-state index in [1.165, 1.54) is 36.1 Å². The summed E-state index contributed by atoms with van der Waals surface area (Å²) in [6.45, 7) is 8.71. The summed E-state index contributed by atoms with van der Waals surface area (Å²) in [7, 11) is 2.00. The molecule has 2 aliphatic heterocycles. The number of rotatable bonds is 10. The number of aryl methyl sites for hydroxylation is 1. The number of aliphatic hydroxyl groups is 1. The van der Waals surface area contributed by atoms with Crippen LogP contribution in [0.4, 0.5) is 5.69 Å². The van der Waals surface area contributed by atoms with E-state index in [9.17, 15) is 5.11 Å². The summed E-state index contributed by atoms with van der Waals surface area (Å²) in [6.07, 6.45) is 4.16. The number of hydrogen-bond acceptors (Lipinski definition) is 6. The predicted molar refractivity (Wildman–Crippen MR) is 124 cm³/mol. The Bertz CT molecular complexity index is 694. The highest BCUT2D eigenvalue weighted by molar-refractivity contribution is 5.62. The van der Waals surface area contributed by atoms with Crippen molar-refractivity contribution in [2.45, 2.75) is 63.9 Å². The van der Waals surface area contributed by atoms with Gasteiger partial charge in [-0.2, -0.15) is 0 Å². The number of para-hydroxylation sites is 1. The van der Waals surface area contributed by atoms with Gasteiger partial charge in [0, 0.05) is 30.9 Å². The lowest BCUT2D eigenvalue weighted by atomic mass is 9.81. The van der Waals surface area contributed by atoms with E-state index in [0.29, 0.717) is 29.8 Å². The zero-order valence-electron chi connectivity index (χ0n) is 18.9. The molecule has 0 spiro atoms. The van der Waals surface area contributed by atoms with Crippen molar-refractivity contribution >= 4 is 5.69 Å². The second-order valence-corrected chi connectivity index (χ2v) is 9.86. The molecule has 1 aromatic carbocycles. The molecule has 0 radical (unpaired) electrons. The SMILES string of the molecule is CNCCNCC1CNC(C(NC(O)C2Cc3cccc(C)c3N2)C2CC2)C(C)C1. The smallest absolute Gasteiger partial charge is 0.125 e. The van der Waals surface area contributed by atoms with E-state index in [4.69, 9.17) is 0 Å². The minimum absolute atomic E-state index is 0.0466. The van der Waals surface area contributed by atoms with Gasteiger partial charge in [-0.15, -0.1) is 0 Å². The summed E-state index contributed by atoms with van der Waals surface area (Å²) in [5.74, 6) is 1.98. The molecule has 1 aliphatic carbocycles. The molecule has 0 bridgehead atoms. The lowest BCUT2D eigenvalue weighted by Crippen LogP contribution is -2.61. The van der Waals surface area contributed by atoms with Crippen LogP contribution in [-0.4, -0.2) is 62.7 Å². The minimum atomic E-state index is -0.530. The molecular formula is C24H41N5O. The van der Waals surface area contributed by atoms with Crippen LogP contribution in [0.5, 0.6) is 0 Å². The second-order valence-electron chi connectivity index (χ2n) is 9.86. The topological polar surface area (TPSA) is 80.4 Å². The molecule has 1 aromatic rings. The number of benzene rings is 1. The van der Waals surface area contributed by atoms with Crippen molar-refractivity contribution in [3.05, 3.63) is 29.3 Å². The molecule has 30 heavy (non-hydrogen) atoms. The normalized spacial score (nSPS) is 30.5. The number of likely N-dealkylation sites (N-methyl/N-ethyl adjacent to an activating group) is 1. The van der Waals surface area contributed by atoms with Crippen molar-refractivity contribution in [3.8, 4) is 0 Å². The van der Waals surface area contributed by atoms with E-state index in [1.807, 2.05) is 7.05 Å². The Morgan fingerprint density at radius 3 is 2.77 bits per heavy atom. The van der Waals surface area contributed by atoms with Crippen LogP contribution in [0, 0.1) is 24.7 Å². The average molecular weight is 416 g/mol. The van der Waals surface area contributed by atoms with Crippen LogP contribution < -0.4 is 26.6 Å². The molecule has 6 N–H and O–H groups in total. The zero-order valence-corrected chi connectivity index (χ0v) is 18.9. The van der Waals surface area contributed by atoms with Gasteiger partial charge in [0.25, 0.3) is 0 Å². The van der Waals surface area contributed by atoms with Gasteiger partial charge in [-0.3, -0.25) is 5.32 Å². The standard InChI is InChI=1S/C24H41N5O/c1-15-5-4-6-19-12-20(28-21(15)19)24(30)29-23(18-7-8-18)22-16(2)11-17(14-27-22)13-26-10-9-25-3/h4-6,16-18,20,22-30H,7-14H2,1-3H3. The summed E-state index contributed by atoms with van der Waals surface area (Å²) in [6, 6.07) is 7.26. The van der Waals surface area contributed by atoms with Crippen molar-refractivity contribution in [1.29, 1.82) is 0 Å². The number of fused-ring (bicyclic) bond motifs is 1. The maximum absolute atomic E-state index is 11.1. The van der Waals surface area contributed by atoms with E-state index in [2.05, 4.69) is 58.6 Å². The van der Waals surface area contributed by atoms with Crippen LogP contribution >= 0.6 is 0 Å². The summed E-state index contributed by atoms with van der Waals surface area (Å²) < 4.78 is 0. The average Bonchev–Trinajstić information content (AvgIpc) is 3.47. The Morgan fingerprint density at radius 1 is 1.23 bits per heavy atom. The molecule has 168 valence electrons. The molecule has 6 heteroatoms. The van der Waals surface area contributed by atoms with Gasteiger partial charge in [0.05, 0.1) is 6.04 Å². The van der Waals surface area contributed by atoms with Gasteiger partial charge in [-0.25, -0.2) is 0 Å². The number of nitrogens with one attached hydrogen (secondary N) is 5. The quantitative estimate of drug-likeness (QED) is 0.256. The fourth-order valence-corrected chi connectivity index (χ4v) is 5.49. The predicted octanol–water partition coefficient (Wildman–Crippen LogP) is 1.44. The molecule has 1 saturated heterocycles. The first kappa shape index (κ1) is 22.0. The third kappa shape index (κ3) is 5.17. The first-order valence-electron chi connectivity index (χ1n) is 11.9. The highest BCUT2D eigenvalue weighted by Gasteiger charge is 2.42. The second kappa shape index (κ2) is 9.96. The Balaban J connectivity index is 1.31. The van der Waals surface area contributed by atoms with Crippen molar-refractivity contribution in [2.75, 3.05) is 38.5 Å². The highest BCUT2D eigenvalue weighted by atomic mass is 16.3. The number of aliphatic hydroxyl groups excluding tert-OH is 1. The third-order valence-corrected chi connectivity index (χ3v) is 7.33. The number of anilines is 1. The molecule has 0 amide bonds. The van der Waals surface area contributed by atoms with E-state index in [1.54, 1.807) is 0 Å². The van der Waals surface area contributed by atoms with Crippen LogP contribution in [0.1, 0.15) is 37.3 Å². The number of hydrogen-bond donors (Lipinski definition) is 6. The van der Waals surface area contributed by atoms with E-state index in [0.717, 1.165) is 32.6 Å². The van der Waals surface area contributed by atoms with Gasteiger partial charge >= 0.3 is 0 Å². The monoisotopic (exact) mass is 415 g/mol. The van der Waals surface area contributed by atoms with Crippen LogP contribution in [0.2, 0.25) is 0 Å². The molecule has 2 fully saturated rings. The van der Waals surface area contributed by atoms with Gasteiger partial charge < -0.3 is 26.4 Å². The molecule has 1 saturated carbocycles. The van der Waals surface area contributed by atoms with Gasteiger partial charge in [-0.05, 0) is 81.6 Å². The molecule has 6 nitrogen and oxygen atoms in total. The lowest BCUT2D eigenvalue weighted by Gasteiger charge is -2.41. The van der Waals surface area contributed by atoms with Crippen LogP contribution in [-0.2, 0) is 6.42 Å². The molecule has 4 rings (SSSR count). The van der Waals surface area contributed by atoms with Gasteiger partial charge in [0.15, 0.2) is 0 Å². The largest absolute Gasteiger partial charge is 0.378 e. The Labute approximate surface area is 182 Å². The van der Waals surface area contributed by atoms with Gasteiger partial charge in [0.2, 0.25) is 0 Å². The van der Waals surface area contributed by atoms with Crippen molar-refractivity contribution in [1.82, 2.24) is 21.3 Å². The van der Waals surface area contributed by atoms with Gasteiger partial charge in [-0.1, -0.05) is 25.1 Å². The van der Waals surface area contributed by atoms with Crippen molar-refractivity contribution in [2.24, 2.45) is 17.8 Å². The Morgan fingerprint density at radius 2 is 2.07 bits per heavy atom. The van der Waals surface area contributed by atoms with Crippen molar-refractivity contribution < 1.29 is 5.11 Å². The van der Waals surface area contributed by atoms with Gasteiger partial charge in [0.1, 0.15) is 6.23 Å². The fourth-order valence-electron chi connectivity index (χ4n) is 5.49. The van der Waals surface area contributed by atoms with Crippen molar-refractivity contribution in [3.63, 3.8) is 0 Å². The maximum Gasteiger partial charge on any atom is 0.125 e. The summed E-state index contributed by atoms with van der Waals surface area (Å²) in [4.78, 5) is 0. The van der Waals surface area contributed by atoms with E-state index in [-0.39, 0.29) is 6.04 Å². The molecular weight excluding hydrogens is 374 g/mol. The minimum Gasteiger partial charge on any atom is -0.378 e. The molecule has 3 aliphatic rings. The summed E-state index contributed by atoms with van der Waals surface area (Å²) >= 11 is 0. The first-order chi connectivity index (χ1) is 14.6. The maximum atomic E-state index is 11.1. The molecule has 0 aromatic heterocycles. The molecule has 6 atom stereocenters. The van der Waals surface area contributed by atoms with Crippen LogP contribution in [0.3, 0.4) is 0 Å². The highest BCUT2D eigenvalue weighted by Crippen LogP contribution is 2.38. The third-order valence-electron chi connectivity index (χ3n) is 7.33. The van der Waals surface area contributed by atoms with Crippen LogP contribution in [0.15, 0.2) is 18.2 Å². The lowest BCUT2D eigenvalue weighted by molar-refractivity contribution is 0.0751. The number of piperidine rings is 1. The first-order valence-corrected chi connectivity index (χ1v) is 11.9. The summed E-state index contributed by atoms with van der Waals surface area (Å²) in [5, 5.41) is 28.9. The Kier molecular flexibility index (Phi) is 7.32. The Hall–Kier alpha value is -1.18. The molecule has 6 unspecified atom stereocenters. The van der Waals surface area contributed by atoms with E-state index < -0.39 is 6.23 Å². The summed E-state index contributed by atoms with van der Waals surface area (Å²) in [5.41, 5.74) is 3.79.